The quantitative estimate of drug-likeness (QED) is 0.819. The molecule has 0 aliphatic carbocycles. The summed E-state index contributed by atoms with van der Waals surface area (Å²) >= 11 is 0. The number of aromatic hydroxyl groups is 1. The summed E-state index contributed by atoms with van der Waals surface area (Å²) in [7, 11) is 1.54. The molecule has 3 nitrogen and oxygen atoms in total. The Morgan fingerprint density at radius 2 is 1.86 bits per heavy atom. The molecular weight excluding hydrogens is 262 g/mol. The lowest BCUT2D eigenvalue weighted by Crippen LogP contribution is -2.06. The first-order chi connectivity index (χ1) is 10.1. The molecule has 2 aromatic carbocycles. The van der Waals surface area contributed by atoms with Crippen LogP contribution >= 0.6 is 0 Å². The minimum atomic E-state index is 0.146. The van der Waals surface area contributed by atoms with Crippen LogP contribution < -0.4 is 10.1 Å². The second-order valence-electron chi connectivity index (χ2n) is 5.24. The van der Waals surface area contributed by atoms with Gasteiger partial charge in [-0.05, 0) is 36.6 Å². The molecule has 0 saturated heterocycles. The zero-order valence-corrected chi connectivity index (χ0v) is 12.9. The highest BCUT2D eigenvalue weighted by molar-refractivity contribution is 5.55. The third-order valence-electron chi connectivity index (χ3n) is 3.58. The fourth-order valence-corrected chi connectivity index (χ4v) is 2.37. The number of phenolic OH excluding ortho intramolecular Hbond substituents is 1. The van der Waals surface area contributed by atoms with Crippen molar-refractivity contribution >= 4 is 5.69 Å². The summed E-state index contributed by atoms with van der Waals surface area (Å²) in [4.78, 5) is 0. The van der Waals surface area contributed by atoms with Gasteiger partial charge in [-0.1, -0.05) is 37.6 Å². The Kier molecular flexibility index (Phi) is 5.09. The predicted molar refractivity (Wildman–Crippen MR) is 87.1 cm³/mol. The molecule has 2 aromatic rings. The Hall–Kier alpha value is -2.16. The van der Waals surface area contributed by atoms with E-state index in [2.05, 4.69) is 43.4 Å². The number of benzene rings is 2. The van der Waals surface area contributed by atoms with Crippen LogP contribution in [0.4, 0.5) is 5.69 Å². The molecule has 0 heterocycles. The largest absolute Gasteiger partial charge is 0.504 e. The number of phenols is 1. The zero-order valence-electron chi connectivity index (χ0n) is 12.9. The first kappa shape index (κ1) is 15.2. The van der Waals surface area contributed by atoms with Crippen molar-refractivity contribution in [2.24, 2.45) is 0 Å². The number of hydrogen-bond donors (Lipinski definition) is 2. The molecule has 0 fully saturated rings. The van der Waals surface area contributed by atoms with E-state index in [-0.39, 0.29) is 11.8 Å². The van der Waals surface area contributed by atoms with E-state index in [9.17, 15) is 5.11 Å². The van der Waals surface area contributed by atoms with Gasteiger partial charge >= 0.3 is 0 Å². The van der Waals surface area contributed by atoms with Crippen molar-refractivity contribution in [1.29, 1.82) is 0 Å². The lowest BCUT2D eigenvalue weighted by molar-refractivity contribution is 0.373. The second kappa shape index (κ2) is 7.02. The van der Waals surface area contributed by atoms with Crippen LogP contribution in [-0.2, 0) is 6.42 Å². The van der Waals surface area contributed by atoms with Crippen LogP contribution in [0.15, 0.2) is 42.5 Å². The van der Waals surface area contributed by atoms with Crippen molar-refractivity contribution in [1.82, 2.24) is 0 Å². The third-order valence-corrected chi connectivity index (χ3v) is 3.58. The Morgan fingerprint density at radius 1 is 1.14 bits per heavy atom. The minimum Gasteiger partial charge on any atom is -0.504 e. The molecule has 1 unspecified atom stereocenters. The van der Waals surface area contributed by atoms with E-state index in [1.54, 1.807) is 19.2 Å². The van der Waals surface area contributed by atoms with Gasteiger partial charge in [-0.15, -0.1) is 0 Å². The smallest absolute Gasteiger partial charge is 0.160 e. The highest BCUT2D eigenvalue weighted by Crippen LogP contribution is 2.30. The van der Waals surface area contributed by atoms with Crippen molar-refractivity contribution < 1.29 is 9.84 Å². The topological polar surface area (TPSA) is 41.5 Å². The number of anilines is 1. The first-order valence-electron chi connectivity index (χ1n) is 7.36. The van der Waals surface area contributed by atoms with Crippen molar-refractivity contribution in [2.75, 3.05) is 12.4 Å². The maximum absolute atomic E-state index is 9.81. The number of aryl methyl sites for hydroxylation is 1. The average molecular weight is 285 g/mol. The van der Waals surface area contributed by atoms with E-state index in [1.807, 2.05) is 6.07 Å². The van der Waals surface area contributed by atoms with Gasteiger partial charge in [0.25, 0.3) is 0 Å². The first-order valence-corrected chi connectivity index (χ1v) is 7.36. The van der Waals surface area contributed by atoms with Crippen LogP contribution in [0.25, 0.3) is 0 Å². The van der Waals surface area contributed by atoms with Crippen molar-refractivity contribution in [3.05, 3.63) is 53.6 Å². The molecule has 21 heavy (non-hydrogen) atoms. The molecule has 112 valence electrons. The molecule has 0 spiro atoms. The maximum atomic E-state index is 9.81. The maximum Gasteiger partial charge on any atom is 0.160 e. The molecule has 3 heteroatoms. The van der Waals surface area contributed by atoms with Crippen LogP contribution in [0, 0.1) is 0 Å². The van der Waals surface area contributed by atoms with Gasteiger partial charge in [0.05, 0.1) is 7.11 Å². The third kappa shape index (κ3) is 3.91. The normalized spacial score (nSPS) is 12.0. The summed E-state index contributed by atoms with van der Waals surface area (Å²) in [6.07, 6.45) is 2.28. The summed E-state index contributed by atoms with van der Waals surface area (Å²) in [6.45, 7) is 4.30. The van der Waals surface area contributed by atoms with Crippen LogP contribution in [-0.4, -0.2) is 12.2 Å². The van der Waals surface area contributed by atoms with Crippen LogP contribution in [0.2, 0.25) is 0 Å². The van der Waals surface area contributed by atoms with E-state index in [4.69, 9.17) is 4.74 Å². The van der Waals surface area contributed by atoms with Crippen LogP contribution in [0.1, 0.15) is 37.4 Å². The number of rotatable bonds is 6. The van der Waals surface area contributed by atoms with Gasteiger partial charge in [0.1, 0.15) is 0 Å². The summed E-state index contributed by atoms with van der Waals surface area (Å²) in [5.41, 5.74) is 3.47. The van der Waals surface area contributed by atoms with E-state index in [1.165, 1.54) is 11.1 Å². The van der Waals surface area contributed by atoms with E-state index in [0.717, 1.165) is 18.5 Å². The SMILES string of the molecule is CCCc1ccc(C(C)Nc2ccc(OC)c(O)c2)cc1. The summed E-state index contributed by atoms with van der Waals surface area (Å²) in [5.74, 6) is 0.630. The standard InChI is InChI=1S/C18H23NO2/c1-4-5-14-6-8-15(9-7-14)13(2)19-16-10-11-18(21-3)17(20)12-16/h6-13,19-20H,4-5H2,1-3H3. The highest BCUT2D eigenvalue weighted by Gasteiger charge is 2.07. The zero-order chi connectivity index (χ0) is 15.2. The lowest BCUT2D eigenvalue weighted by Gasteiger charge is -2.17. The van der Waals surface area contributed by atoms with Gasteiger partial charge in [0, 0.05) is 17.8 Å². The number of ether oxygens (including phenoxy) is 1. The fraction of sp³-hybridized carbons (Fsp3) is 0.333. The number of methoxy groups -OCH3 is 1. The van der Waals surface area contributed by atoms with E-state index < -0.39 is 0 Å². The van der Waals surface area contributed by atoms with E-state index in [0.29, 0.717) is 5.75 Å². The summed E-state index contributed by atoms with van der Waals surface area (Å²) in [5, 5.41) is 13.2. The molecular formula is C18H23NO2. The van der Waals surface area contributed by atoms with E-state index >= 15 is 0 Å². The van der Waals surface area contributed by atoms with Crippen LogP contribution in [0.3, 0.4) is 0 Å². The molecule has 2 N–H and O–H groups in total. The molecule has 1 atom stereocenters. The van der Waals surface area contributed by atoms with Gasteiger partial charge < -0.3 is 15.2 Å². The lowest BCUT2D eigenvalue weighted by atomic mass is 10.0. The van der Waals surface area contributed by atoms with Crippen molar-refractivity contribution in [2.45, 2.75) is 32.7 Å². The minimum absolute atomic E-state index is 0.146. The fourth-order valence-electron chi connectivity index (χ4n) is 2.37. The van der Waals surface area contributed by atoms with Gasteiger partial charge in [-0.25, -0.2) is 0 Å². The molecule has 0 amide bonds. The molecule has 0 aliphatic rings. The Morgan fingerprint density at radius 3 is 2.43 bits per heavy atom. The van der Waals surface area contributed by atoms with Gasteiger partial charge in [-0.3, -0.25) is 0 Å². The number of hydrogen-bond acceptors (Lipinski definition) is 3. The Balaban J connectivity index is 2.06. The van der Waals surface area contributed by atoms with Crippen molar-refractivity contribution in [3.8, 4) is 11.5 Å². The molecule has 0 saturated carbocycles. The average Bonchev–Trinajstić information content (AvgIpc) is 2.48. The molecule has 0 radical (unpaired) electrons. The highest BCUT2D eigenvalue weighted by atomic mass is 16.5. The predicted octanol–water partition coefficient (Wildman–Crippen LogP) is 4.53. The van der Waals surface area contributed by atoms with Gasteiger partial charge in [0.2, 0.25) is 0 Å². The van der Waals surface area contributed by atoms with Crippen LogP contribution in [0.5, 0.6) is 11.5 Å². The second-order valence-corrected chi connectivity index (χ2v) is 5.24. The molecule has 0 aliphatic heterocycles. The molecule has 2 rings (SSSR count). The molecule has 0 aromatic heterocycles. The molecule has 0 bridgehead atoms. The Labute approximate surface area is 126 Å². The summed E-state index contributed by atoms with van der Waals surface area (Å²) in [6, 6.07) is 14.2. The van der Waals surface area contributed by atoms with Gasteiger partial charge in [-0.2, -0.15) is 0 Å². The Bertz CT molecular complexity index is 578. The van der Waals surface area contributed by atoms with Gasteiger partial charge in [0.15, 0.2) is 11.5 Å². The summed E-state index contributed by atoms with van der Waals surface area (Å²) < 4.78 is 5.05. The van der Waals surface area contributed by atoms with Crippen molar-refractivity contribution in [3.63, 3.8) is 0 Å². The monoisotopic (exact) mass is 285 g/mol. The number of nitrogens with one attached hydrogen (secondary N) is 1.